The number of hydrogen-bond donors (Lipinski definition) is 1. The number of nitrogens with two attached hydrogens (primary N) is 1. The number of sulfonamides is 1. The third kappa shape index (κ3) is 6.30. The minimum atomic E-state index is -3.73. The van der Waals surface area contributed by atoms with Crippen molar-refractivity contribution in [1.29, 1.82) is 0 Å². The van der Waals surface area contributed by atoms with Crippen LogP contribution in [0.5, 0.6) is 5.75 Å². The fourth-order valence-corrected chi connectivity index (χ4v) is 4.69. The molecule has 0 aliphatic carbocycles. The number of esters is 1. The average Bonchev–Trinajstić information content (AvgIpc) is 2.81. The van der Waals surface area contributed by atoms with Crippen LogP contribution in [0.25, 0.3) is 0 Å². The number of benzene rings is 2. The summed E-state index contributed by atoms with van der Waals surface area (Å²) in [5.74, 6) is -0.881. The first kappa shape index (κ1) is 24.2. The molecular weight excluding hydrogens is 450 g/mol. The molecule has 0 bridgehead atoms. The SMILES string of the molecule is CC(=O)N1CCN(S(=O)(=O)c2ccc(C(=O)OCc3cccc(OCC(N)=O)c3)cc2)CC1. The summed E-state index contributed by atoms with van der Waals surface area (Å²) in [4.78, 5) is 36.3. The highest BCUT2D eigenvalue weighted by atomic mass is 32.2. The lowest BCUT2D eigenvalue weighted by Gasteiger charge is -2.33. The molecule has 2 aromatic carbocycles. The smallest absolute Gasteiger partial charge is 0.338 e. The third-order valence-electron chi connectivity index (χ3n) is 5.06. The molecular formula is C22H25N3O7S. The van der Waals surface area contributed by atoms with Crippen molar-refractivity contribution >= 4 is 27.8 Å². The second-order valence-corrected chi connectivity index (χ2v) is 9.35. The van der Waals surface area contributed by atoms with Crippen molar-refractivity contribution in [2.24, 2.45) is 5.73 Å². The Hall–Kier alpha value is -3.44. The lowest BCUT2D eigenvalue weighted by Crippen LogP contribution is -2.49. The Morgan fingerprint density at radius 3 is 2.27 bits per heavy atom. The van der Waals surface area contributed by atoms with Gasteiger partial charge in [0.15, 0.2) is 6.61 Å². The van der Waals surface area contributed by atoms with Gasteiger partial charge in [0.2, 0.25) is 15.9 Å². The number of nitrogens with zero attached hydrogens (tertiary/aromatic N) is 2. The maximum atomic E-state index is 12.8. The Labute approximate surface area is 191 Å². The maximum Gasteiger partial charge on any atom is 0.338 e. The molecule has 2 amide bonds. The zero-order valence-corrected chi connectivity index (χ0v) is 18.9. The molecule has 2 aromatic rings. The maximum absolute atomic E-state index is 12.8. The van der Waals surface area contributed by atoms with Crippen molar-refractivity contribution in [2.75, 3.05) is 32.8 Å². The summed E-state index contributed by atoms with van der Waals surface area (Å²) in [7, 11) is -3.73. The van der Waals surface area contributed by atoms with Crippen LogP contribution in [0.1, 0.15) is 22.8 Å². The summed E-state index contributed by atoms with van der Waals surface area (Å²) in [5, 5.41) is 0. The summed E-state index contributed by atoms with van der Waals surface area (Å²) in [6.07, 6.45) is 0. The van der Waals surface area contributed by atoms with Gasteiger partial charge in [-0.05, 0) is 42.0 Å². The van der Waals surface area contributed by atoms with Crippen molar-refractivity contribution in [2.45, 2.75) is 18.4 Å². The molecule has 0 spiro atoms. The van der Waals surface area contributed by atoms with Crippen LogP contribution >= 0.6 is 0 Å². The van der Waals surface area contributed by atoms with E-state index >= 15 is 0 Å². The van der Waals surface area contributed by atoms with Crippen molar-refractivity contribution in [3.63, 3.8) is 0 Å². The van der Waals surface area contributed by atoms with E-state index < -0.39 is 21.9 Å². The molecule has 1 fully saturated rings. The second kappa shape index (κ2) is 10.5. The van der Waals surface area contributed by atoms with Crippen LogP contribution in [0.15, 0.2) is 53.4 Å². The fourth-order valence-electron chi connectivity index (χ4n) is 3.27. The number of piperazine rings is 1. The van der Waals surface area contributed by atoms with Gasteiger partial charge >= 0.3 is 5.97 Å². The van der Waals surface area contributed by atoms with E-state index in [1.165, 1.54) is 35.5 Å². The van der Waals surface area contributed by atoms with Crippen LogP contribution in [0.2, 0.25) is 0 Å². The number of carbonyl (C=O) groups excluding carboxylic acids is 3. The monoisotopic (exact) mass is 475 g/mol. The first-order chi connectivity index (χ1) is 15.7. The van der Waals surface area contributed by atoms with Crippen LogP contribution in [0, 0.1) is 0 Å². The predicted octanol–water partition coefficient (Wildman–Crippen LogP) is 0.761. The Bertz CT molecular complexity index is 1120. The first-order valence-electron chi connectivity index (χ1n) is 10.2. The molecule has 0 atom stereocenters. The minimum Gasteiger partial charge on any atom is -0.484 e. The van der Waals surface area contributed by atoms with Gasteiger partial charge in [-0.1, -0.05) is 12.1 Å². The predicted molar refractivity (Wildman–Crippen MR) is 118 cm³/mol. The molecule has 10 nitrogen and oxygen atoms in total. The molecule has 0 aromatic heterocycles. The average molecular weight is 476 g/mol. The molecule has 0 saturated carbocycles. The van der Waals surface area contributed by atoms with Gasteiger partial charge in [-0.25, -0.2) is 13.2 Å². The molecule has 1 aliphatic rings. The van der Waals surface area contributed by atoms with E-state index in [9.17, 15) is 22.8 Å². The fraction of sp³-hybridized carbons (Fsp3) is 0.318. The van der Waals surface area contributed by atoms with E-state index in [1.54, 1.807) is 29.2 Å². The Balaban J connectivity index is 1.58. The lowest BCUT2D eigenvalue weighted by atomic mass is 10.2. The Morgan fingerprint density at radius 1 is 1.00 bits per heavy atom. The summed E-state index contributed by atoms with van der Waals surface area (Å²) in [5.41, 5.74) is 5.90. The summed E-state index contributed by atoms with van der Waals surface area (Å²) in [6.45, 7) is 2.28. The van der Waals surface area contributed by atoms with Gasteiger partial charge in [0, 0.05) is 33.1 Å². The quantitative estimate of drug-likeness (QED) is 0.557. The molecule has 11 heteroatoms. The molecule has 3 rings (SSSR count). The van der Waals surface area contributed by atoms with Crippen LogP contribution in [-0.2, 0) is 31.0 Å². The molecule has 0 unspecified atom stereocenters. The minimum absolute atomic E-state index is 0.0346. The third-order valence-corrected chi connectivity index (χ3v) is 6.97. The number of primary amides is 1. The topological polar surface area (TPSA) is 136 Å². The first-order valence-corrected chi connectivity index (χ1v) is 11.6. The van der Waals surface area contributed by atoms with Crippen LogP contribution in [-0.4, -0.2) is 68.2 Å². The molecule has 2 N–H and O–H groups in total. The van der Waals surface area contributed by atoms with E-state index in [2.05, 4.69) is 0 Å². The van der Waals surface area contributed by atoms with Gasteiger partial charge in [0.25, 0.3) is 5.91 Å². The second-order valence-electron chi connectivity index (χ2n) is 7.41. The van der Waals surface area contributed by atoms with Crippen molar-refractivity contribution in [3.05, 3.63) is 59.7 Å². The van der Waals surface area contributed by atoms with Crippen molar-refractivity contribution in [1.82, 2.24) is 9.21 Å². The normalized spacial score (nSPS) is 14.5. The van der Waals surface area contributed by atoms with E-state index in [4.69, 9.17) is 15.2 Å². The summed E-state index contributed by atoms with van der Waals surface area (Å²) >= 11 is 0. The van der Waals surface area contributed by atoms with E-state index in [-0.39, 0.29) is 42.7 Å². The van der Waals surface area contributed by atoms with Crippen molar-refractivity contribution in [3.8, 4) is 5.75 Å². The molecule has 0 radical (unpaired) electrons. The van der Waals surface area contributed by atoms with Crippen LogP contribution < -0.4 is 10.5 Å². The highest BCUT2D eigenvalue weighted by molar-refractivity contribution is 7.89. The highest BCUT2D eigenvalue weighted by Gasteiger charge is 2.29. The molecule has 1 heterocycles. The zero-order valence-electron chi connectivity index (χ0n) is 18.1. The van der Waals surface area contributed by atoms with Gasteiger partial charge in [-0.15, -0.1) is 0 Å². The van der Waals surface area contributed by atoms with Gasteiger partial charge in [-0.2, -0.15) is 4.31 Å². The van der Waals surface area contributed by atoms with E-state index in [0.29, 0.717) is 24.4 Å². The summed E-state index contributed by atoms with van der Waals surface area (Å²) < 4.78 is 37.5. The standard InChI is InChI=1S/C22H25N3O7S/c1-16(26)24-9-11-25(12-10-24)33(29,30)20-7-5-18(6-8-20)22(28)32-14-17-3-2-4-19(13-17)31-15-21(23)27/h2-8,13H,9-12,14-15H2,1H3,(H2,23,27). The van der Waals surface area contributed by atoms with Gasteiger partial charge < -0.3 is 20.1 Å². The number of carbonyl (C=O) groups is 3. The summed E-state index contributed by atoms with van der Waals surface area (Å²) in [6, 6.07) is 12.2. The van der Waals surface area contributed by atoms with Gasteiger partial charge in [0.1, 0.15) is 12.4 Å². The number of ether oxygens (including phenoxy) is 2. The number of hydrogen-bond acceptors (Lipinski definition) is 7. The number of amides is 2. The largest absolute Gasteiger partial charge is 0.484 e. The van der Waals surface area contributed by atoms with E-state index in [1.807, 2.05) is 0 Å². The van der Waals surface area contributed by atoms with Gasteiger partial charge in [-0.3, -0.25) is 9.59 Å². The van der Waals surface area contributed by atoms with Crippen LogP contribution in [0.4, 0.5) is 0 Å². The lowest BCUT2D eigenvalue weighted by molar-refractivity contribution is -0.130. The molecule has 1 aliphatic heterocycles. The van der Waals surface area contributed by atoms with Crippen LogP contribution in [0.3, 0.4) is 0 Å². The zero-order chi connectivity index (χ0) is 24.0. The molecule has 1 saturated heterocycles. The molecule has 33 heavy (non-hydrogen) atoms. The van der Waals surface area contributed by atoms with Gasteiger partial charge in [0.05, 0.1) is 10.5 Å². The Kier molecular flexibility index (Phi) is 7.67. The highest BCUT2D eigenvalue weighted by Crippen LogP contribution is 2.19. The molecule has 176 valence electrons. The van der Waals surface area contributed by atoms with Crippen molar-refractivity contribution < 1.29 is 32.3 Å². The van der Waals surface area contributed by atoms with E-state index in [0.717, 1.165) is 0 Å². The number of rotatable bonds is 8. The Morgan fingerprint density at radius 2 is 1.67 bits per heavy atom.